The molecule has 4 nitrogen and oxygen atoms in total. The first-order chi connectivity index (χ1) is 12.0. The molecule has 3 rings (SSSR count). The Balaban J connectivity index is 2.00. The van der Waals surface area contributed by atoms with Crippen LogP contribution in [0.3, 0.4) is 0 Å². The van der Waals surface area contributed by atoms with Crippen LogP contribution in [-0.4, -0.2) is 18.5 Å². The number of cyclic esters (lactones) is 1. The Morgan fingerprint density at radius 1 is 1.24 bits per heavy atom. The van der Waals surface area contributed by atoms with E-state index in [1.807, 2.05) is 6.92 Å². The van der Waals surface area contributed by atoms with Crippen LogP contribution in [0.2, 0.25) is 5.02 Å². The van der Waals surface area contributed by atoms with Crippen molar-refractivity contribution in [1.82, 2.24) is 0 Å². The lowest BCUT2D eigenvalue weighted by molar-refractivity contribution is -0.129. The molecule has 0 aromatic heterocycles. The summed E-state index contributed by atoms with van der Waals surface area (Å²) in [6, 6.07) is 8.73. The average Bonchev–Trinajstić information content (AvgIpc) is 2.93. The van der Waals surface area contributed by atoms with Gasteiger partial charge in [-0.3, -0.25) is 0 Å². The van der Waals surface area contributed by atoms with E-state index in [1.165, 1.54) is 6.08 Å². The molecule has 25 heavy (non-hydrogen) atoms. The molecule has 0 atom stereocenters. The summed E-state index contributed by atoms with van der Waals surface area (Å²) in [6.07, 6.45) is 1.49. The Labute approximate surface area is 147 Å². The van der Waals surface area contributed by atoms with Gasteiger partial charge in [0.2, 0.25) is 5.90 Å². The monoisotopic (exact) mass is 363 g/mol. The normalized spacial score (nSPS) is 15.3. The quantitative estimate of drug-likeness (QED) is 0.460. The molecule has 0 spiro atoms. The van der Waals surface area contributed by atoms with E-state index in [2.05, 4.69) is 4.99 Å². The molecule has 0 amide bonds. The van der Waals surface area contributed by atoms with Crippen LogP contribution in [0.4, 0.5) is 8.78 Å². The number of para-hydroxylation sites is 1. The first-order valence-corrected chi connectivity index (χ1v) is 7.76. The minimum Gasteiger partial charge on any atom is -0.493 e. The minimum atomic E-state index is -1.11. The summed E-state index contributed by atoms with van der Waals surface area (Å²) in [5.41, 5.74) is 0.635. The van der Waals surface area contributed by atoms with E-state index in [9.17, 15) is 13.6 Å². The van der Waals surface area contributed by atoms with Gasteiger partial charge < -0.3 is 9.47 Å². The van der Waals surface area contributed by atoms with Gasteiger partial charge in [-0.25, -0.2) is 18.6 Å². The van der Waals surface area contributed by atoms with E-state index in [0.29, 0.717) is 17.9 Å². The summed E-state index contributed by atoms with van der Waals surface area (Å²) in [6.45, 7) is 2.30. The van der Waals surface area contributed by atoms with Gasteiger partial charge in [-0.15, -0.1) is 0 Å². The summed E-state index contributed by atoms with van der Waals surface area (Å²) in [5, 5.41) is -0.110. The molecule has 0 fully saturated rings. The van der Waals surface area contributed by atoms with Crippen molar-refractivity contribution in [2.45, 2.75) is 6.92 Å². The second kappa shape index (κ2) is 7.03. The fraction of sp³-hybridized carbons (Fsp3) is 0.111. The molecule has 1 aliphatic rings. The summed E-state index contributed by atoms with van der Waals surface area (Å²) < 4.78 is 37.1. The predicted molar refractivity (Wildman–Crippen MR) is 89.6 cm³/mol. The molecule has 0 saturated carbocycles. The number of halogens is 3. The van der Waals surface area contributed by atoms with Crippen LogP contribution in [0.15, 0.2) is 47.1 Å². The van der Waals surface area contributed by atoms with Gasteiger partial charge in [0.15, 0.2) is 17.3 Å². The number of rotatable bonds is 4. The third-order valence-electron chi connectivity index (χ3n) is 3.37. The number of nitrogens with zero attached hydrogens (tertiary/aromatic N) is 1. The highest BCUT2D eigenvalue weighted by Crippen LogP contribution is 2.27. The summed E-state index contributed by atoms with van der Waals surface area (Å²) >= 11 is 5.89. The van der Waals surface area contributed by atoms with Gasteiger partial charge in [-0.05, 0) is 31.2 Å². The standard InChI is InChI=1S/C18H12ClF2NO3/c1-2-24-16-6-4-3-5-10(16)7-15-18(23)25-17(22-15)11-8-13(20)14(21)9-12(11)19/h3-9H,2H2,1H3/b15-7+. The van der Waals surface area contributed by atoms with Gasteiger partial charge >= 0.3 is 5.97 Å². The van der Waals surface area contributed by atoms with Gasteiger partial charge in [-0.1, -0.05) is 29.8 Å². The molecule has 2 aromatic rings. The van der Waals surface area contributed by atoms with Crippen LogP contribution in [0, 0.1) is 11.6 Å². The lowest BCUT2D eigenvalue weighted by Gasteiger charge is -2.06. The van der Waals surface area contributed by atoms with Crippen molar-refractivity contribution in [3.05, 3.63) is 69.9 Å². The maximum atomic E-state index is 13.4. The molecule has 0 bridgehead atoms. The van der Waals surface area contributed by atoms with Crippen molar-refractivity contribution in [2.75, 3.05) is 6.61 Å². The second-order valence-electron chi connectivity index (χ2n) is 5.05. The number of hydrogen-bond donors (Lipinski definition) is 0. The lowest BCUT2D eigenvalue weighted by Crippen LogP contribution is -2.07. The average molecular weight is 364 g/mol. The number of hydrogen-bond acceptors (Lipinski definition) is 4. The number of benzene rings is 2. The molecule has 7 heteroatoms. The van der Waals surface area contributed by atoms with E-state index in [1.54, 1.807) is 24.3 Å². The smallest absolute Gasteiger partial charge is 0.363 e. The Morgan fingerprint density at radius 3 is 2.72 bits per heavy atom. The third-order valence-corrected chi connectivity index (χ3v) is 3.68. The highest BCUT2D eigenvalue weighted by atomic mass is 35.5. The Bertz CT molecular complexity index is 909. The topological polar surface area (TPSA) is 47.9 Å². The van der Waals surface area contributed by atoms with Gasteiger partial charge in [0.05, 0.1) is 17.2 Å². The molecule has 128 valence electrons. The lowest BCUT2D eigenvalue weighted by atomic mass is 10.1. The molecular weight excluding hydrogens is 352 g/mol. The van der Waals surface area contributed by atoms with Crippen LogP contribution in [-0.2, 0) is 9.53 Å². The maximum Gasteiger partial charge on any atom is 0.363 e. The zero-order chi connectivity index (χ0) is 18.0. The van der Waals surface area contributed by atoms with Crippen molar-refractivity contribution < 1.29 is 23.0 Å². The van der Waals surface area contributed by atoms with Crippen molar-refractivity contribution >= 4 is 29.5 Å². The highest BCUT2D eigenvalue weighted by Gasteiger charge is 2.27. The largest absolute Gasteiger partial charge is 0.493 e. The molecule has 1 aliphatic heterocycles. The molecule has 0 unspecified atom stereocenters. The van der Waals surface area contributed by atoms with Crippen LogP contribution in [0.1, 0.15) is 18.1 Å². The molecule has 0 N–H and O–H groups in total. The van der Waals surface area contributed by atoms with Crippen molar-refractivity contribution in [1.29, 1.82) is 0 Å². The number of carbonyl (C=O) groups excluding carboxylic acids is 1. The van der Waals surface area contributed by atoms with E-state index < -0.39 is 17.6 Å². The Hall–Kier alpha value is -2.73. The van der Waals surface area contributed by atoms with Gasteiger partial charge in [0, 0.05) is 5.56 Å². The highest BCUT2D eigenvalue weighted by molar-refractivity contribution is 6.34. The fourth-order valence-corrected chi connectivity index (χ4v) is 2.48. The second-order valence-corrected chi connectivity index (χ2v) is 5.46. The van der Waals surface area contributed by atoms with Gasteiger partial charge in [-0.2, -0.15) is 0 Å². The molecule has 2 aromatic carbocycles. The molecule has 0 saturated heterocycles. The summed E-state index contributed by atoms with van der Waals surface area (Å²) in [7, 11) is 0. The van der Waals surface area contributed by atoms with Crippen molar-refractivity contribution in [3.63, 3.8) is 0 Å². The first-order valence-electron chi connectivity index (χ1n) is 7.39. The molecule has 0 radical (unpaired) electrons. The first kappa shape index (κ1) is 17.1. The number of esters is 1. The van der Waals surface area contributed by atoms with E-state index in [-0.39, 0.29) is 22.2 Å². The zero-order valence-electron chi connectivity index (χ0n) is 13.1. The zero-order valence-corrected chi connectivity index (χ0v) is 13.8. The SMILES string of the molecule is CCOc1ccccc1/C=C1/N=C(c2cc(F)c(F)cc2Cl)OC1=O. The van der Waals surface area contributed by atoms with E-state index in [4.69, 9.17) is 21.1 Å². The predicted octanol–water partition coefficient (Wildman–Crippen LogP) is 4.36. The van der Waals surface area contributed by atoms with Crippen LogP contribution < -0.4 is 4.74 Å². The number of carbonyl (C=O) groups is 1. The van der Waals surface area contributed by atoms with Gasteiger partial charge in [0.1, 0.15) is 5.75 Å². The third kappa shape index (κ3) is 3.53. The van der Waals surface area contributed by atoms with Crippen LogP contribution >= 0.6 is 11.6 Å². The maximum absolute atomic E-state index is 13.4. The number of ether oxygens (including phenoxy) is 2. The fourth-order valence-electron chi connectivity index (χ4n) is 2.24. The van der Waals surface area contributed by atoms with E-state index >= 15 is 0 Å². The summed E-state index contributed by atoms with van der Waals surface area (Å²) in [4.78, 5) is 16.1. The Kier molecular flexibility index (Phi) is 4.81. The molecule has 1 heterocycles. The minimum absolute atomic E-state index is 0.00273. The molecular formula is C18H12ClF2NO3. The number of aliphatic imine (C=N–C) groups is 1. The van der Waals surface area contributed by atoms with Crippen molar-refractivity contribution in [3.8, 4) is 5.75 Å². The van der Waals surface area contributed by atoms with Crippen LogP contribution in [0.5, 0.6) is 5.75 Å². The van der Waals surface area contributed by atoms with Gasteiger partial charge in [0.25, 0.3) is 0 Å². The van der Waals surface area contributed by atoms with Crippen LogP contribution in [0.25, 0.3) is 6.08 Å². The Morgan fingerprint density at radius 2 is 1.96 bits per heavy atom. The van der Waals surface area contributed by atoms with E-state index in [0.717, 1.165) is 12.1 Å². The van der Waals surface area contributed by atoms with Crippen molar-refractivity contribution in [2.24, 2.45) is 4.99 Å². The molecule has 0 aliphatic carbocycles. The summed E-state index contributed by atoms with van der Waals surface area (Å²) in [5.74, 6) is -2.53.